The van der Waals surface area contributed by atoms with Gasteiger partial charge in [-0.15, -0.1) is 10.2 Å². The highest BCUT2D eigenvalue weighted by Crippen LogP contribution is 2.26. The van der Waals surface area contributed by atoms with Crippen molar-refractivity contribution in [2.24, 2.45) is 0 Å². The predicted octanol–water partition coefficient (Wildman–Crippen LogP) is 4.32. The molecule has 2 heterocycles. The van der Waals surface area contributed by atoms with E-state index in [2.05, 4.69) is 29.3 Å². The summed E-state index contributed by atoms with van der Waals surface area (Å²) in [6.07, 6.45) is -0.196. The number of aliphatic hydroxyl groups is 1. The van der Waals surface area contributed by atoms with E-state index in [1.165, 1.54) is 11.8 Å². The number of Topliss-reactive ketones (excluding diaryl/α,β-unsaturated/α-hetero) is 1. The van der Waals surface area contributed by atoms with Crippen LogP contribution in [0.15, 0.2) is 59.8 Å². The van der Waals surface area contributed by atoms with Crippen LogP contribution in [0.4, 0.5) is 0 Å². The van der Waals surface area contributed by atoms with E-state index in [4.69, 9.17) is 4.74 Å². The molecular formula is C23H23N3O3S. The number of benzene rings is 2. The van der Waals surface area contributed by atoms with Crippen LogP contribution in [0.25, 0.3) is 16.6 Å². The first-order chi connectivity index (χ1) is 14.6. The van der Waals surface area contributed by atoms with Gasteiger partial charge in [-0.3, -0.25) is 9.20 Å². The summed E-state index contributed by atoms with van der Waals surface area (Å²) in [7, 11) is 0. The summed E-state index contributed by atoms with van der Waals surface area (Å²) in [4.78, 5) is 11.7. The summed E-state index contributed by atoms with van der Waals surface area (Å²) >= 11 is 1.44. The molecule has 0 amide bonds. The third kappa shape index (κ3) is 4.17. The largest absolute Gasteiger partial charge is 0.491 e. The van der Waals surface area contributed by atoms with Crippen molar-refractivity contribution in [3.63, 3.8) is 0 Å². The molecule has 0 radical (unpaired) electrons. The Balaban J connectivity index is 1.41. The van der Waals surface area contributed by atoms with E-state index < -0.39 is 6.10 Å². The van der Waals surface area contributed by atoms with Crippen LogP contribution in [-0.2, 0) is 0 Å². The van der Waals surface area contributed by atoms with Gasteiger partial charge in [-0.05, 0) is 48.9 Å². The molecule has 0 saturated heterocycles. The topological polar surface area (TPSA) is 76.7 Å². The molecule has 1 unspecified atom stereocenters. The average Bonchev–Trinajstić information content (AvgIpc) is 3.19. The van der Waals surface area contributed by atoms with E-state index in [0.29, 0.717) is 23.5 Å². The first-order valence-electron chi connectivity index (χ1n) is 9.87. The summed E-state index contributed by atoms with van der Waals surface area (Å²) < 4.78 is 7.68. The van der Waals surface area contributed by atoms with Crippen LogP contribution in [0.3, 0.4) is 0 Å². The lowest BCUT2D eigenvalue weighted by Gasteiger charge is -2.12. The molecule has 2 aromatic carbocycles. The second-order valence-corrected chi connectivity index (χ2v) is 8.08. The highest BCUT2D eigenvalue weighted by Gasteiger charge is 2.14. The van der Waals surface area contributed by atoms with Crippen molar-refractivity contribution < 1.29 is 14.6 Å². The first kappa shape index (κ1) is 20.4. The van der Waals surface area contributed by atoms with Crippen LogP contribution in [0.1, 0.15) is 29.3 Å². The molecule has 2 aromatic heterocycles. The van der Waals surface area contributed by atoms with Crippen LogP contribution in [-0.4, -0.2) is 44.0 Å². The Bertz CT molecular complexity index is 1190. The number of hydrogen-bond acceptors (Lipinski definition) is 6. The van der Waals surface area contributed by atoms with Gasteiger partial charge in [0.1, 0.15) is 12.4 Å². The number of ketones is 1. The number of hydrogen-bond donors (Lipinski definition) is 1. The fourth-order valence-electron chi connectivity index (χ4n) is 3.32. The Kier molecular flexibility index (Phi) is 6.01. The van der Waals surface area contributed by atoms with Crippen molar-refractivity contribution in [1.29, 1.82) is 0 Å². The molecule has 6 nitrogen and oxygen atoms in total. The lowest BCUT2D eigenvalue weighted by atomic mass is 10.1. The first-order valence-corrected chi connectivity index (χ1v) is 10.9. The molecule has 4 rings (SSSR count). The minimum Gasteiger partial charge on any atom is -0.491 e. The molecular weight excluding hydrogens is 398 g/mol. The predicted molar refractivity (Wildman–Crippen MR) is 119 cm³/mol. The number of aryl methyl sites for hydroxylation is 1. The SMILES string of the molecule is CCC(=O)c1ccc(OCC(O)CSc2nnc3cc(C)c4ccccc4n23)cc1. The number of carbonyl (C=O) groups excluding carboxylic acids is 1. The Labute approximate surface area is 178 Å². The van der Waals surface area contributed by atoms with Crippen molar-refractivity contribution >= 4 is 34.1 Å². The van der Waals surface area contributed by atoms with E-state index in [9.17, 15) is 9.90 Å². The number of carbonyl (C=O) groups is 1. The lowest BCUT2D eigenvalue weighted by molar-refractivity contribution is 0.0987. The van der Waals surface area contributed by atoms with Crippen molar-refractivity contribution in [3.05, 3.63) is 65.7 Å². The summed E-state index contributed by atoms with van der Waals surface area (Å²) in [5.41, 5.74) is 3.66. The third-order valence-electron chi connectivity index (χ3n) is 4.92. The molecule has 0 aliphatic rings. The molecule has 1 atom stereocenters. The van der Waals surface area contributed by atoms with Crippen molar-refractivity contribution in [1.82, 2.24) is 14.6 Å². The van der Waals surface area contributed by atoms with Crippen molar-refractivity contribution in [2.75, 3.05) is 12.4 Å². The van der Waals surface area contributed by atoms with Crippen LogP contribution in [0.5, 0.6) is 5.75 Å². The zero-order valence-electron chi connectivity index (χ0n) is 16.9. The average molecular weight is 422 g/mol. The second kappa shape index (κ2) is 8.85. The van der Waals surface area contributed by atoms with Crippen molar-refractivity contribution in [2.45, 2.75) is 31.5 Å². The molecule has 7 heteroatoms. The van der Waals surface area contributed by atoms with Gasteiger partial charge in [-0.1, -0.05) is 36.9 Å². The van der Waals surface area contributed by atoms with Gasteiger partial charge in [0, 0.05) is 23.1 Å². The summed E-state index contributed by atoms with van der Waals surface area (Å²) in [5, 5.41) is 20.8. The molecule has 0 aliphatic heterocycles. The standard InChI is InChI=1S/C23H23N3O3S/c1-3-21(28)16-8-10-18(11-9-16)29-13-17(27)14-30-23-25-24-22-12-15(2)19-6-4-5-7-20(19)26(22)23/h4-12,17,27H,3,13-14H2,1-2H3. The number of aromatic nitrogens is 3. The molecule has 0 aliphatic carbocycles. The Morgan fingerprint density at radius 1 is 1.17 bits per heavy atom. The maximum atomic E-state index is 11.7. The number of aliphatic hydroxyl groups excluding tert-OH is 1. The summed E-state index contributed by atoms with van der Waals surface area (Å²) in [5.74, 6) is 1.15. The maximum Gasteiger partial charge on any atom is 0.196 e. The Hall–Kier alpha value is -2.90. The highest BCUT2D eigenvalue weighted by molar-refractivity contribution is 7.99. The summed E-state index contributed by atoms with van der Waals surface area (Å²) in [6, 6.07) is 17.2. The minimum absolute atomic E-state index is 0.0984. The van der Waals surface area contributed by atoms with Gasteiger partial charge >= 0.3 is 0 Å². The normalized spacial score (nSPS) is 12.4. The smallest absolute Gasteiger partial charge is 0.196 e. The number of thioether (sulfide) groups is 1. The van der Waals surface area contributed by atoms with Crippen LogP contribution < -0.4 is 4.74 Å². The number of ether oxygens (including phenoxy) is 1. The second-order valence-electron chi connectivity index (χ2n) is 7.10. The minimum atomic E-state index is -0.670. The van der Waals surface area contributed by atoms with E-state index in [1.54, 1.807) is 24.3 Å². The molecule has 30 heavy (non-hydrogen) atoms. The lowest BCUT2D eigenvalue weighted by Crippen LogP contribution is -2.20. The number of rotatable bonds is 8. The molecule has 4 aromatic rings. The number of para-hydroxylation sites is 1. The van der Waals surface area contributed by atoms with Gasteiger partial charge in [0.2, 0.25) is 0 Å². The van der Waals surface area contributed by atoms with E-state index >= 15 is 0 Å². The van der Waals surface area contributed by atoms with Crippen LogP contribution in [0, 0.1) is 6.92 Å². The van der Waals surface area contributed by atoms with Gasteiger partial charge in [0.05, 0.1) is 11.6 Å². The molecule has 0 saturated carbocycles. The maximum absolute atomic E-state index is 11.7. The highest BCUT2D eigenvalue weighted by atomic mass is 32.2. The number of nitrogens with zero attached hydrogens (tertiary/aromatic N) is 3. The van der Waals surface area contributed by atoms with Crippen LogP contribution >= 0.6 is 11.8 Å². The van der Waals surface area contributed by atoms with Gasteiger partial charge in [0.25, 0.3) is 0 Å². The van der Waals surface area contributed by atoms with E-state index in [-0.39, 0.29) is 12.4 Å². The number of pyridine rings is 1. The monoisotopic (exact) mass is 421 g/mol. The fourth-order valence-corrected chi connectivity index (χ4v) is 4.18. The zero-order valence-corrected chi connectivity index (χ0v) is 17.7. The quantitative estimate of drug-likeness (QED) is 0.337. The van der Waals surface area contributed by atoms with Crippen LogP contribution in [0.2, 0.25) is 0 Å². The van der Waals surface area contributed by atoms with Gasteiger partial charge in [0.15, 0.2) is 16.6 Å². The molecule has 0 fully saturated rings. The van der Waals surface area contributed by atoms with E-state index in [1.807, 2.05) is 29.5 Å². The van der Waals surface area contributed by atoms with Gasteiger partial charge in [-0.2, -0.15) is 0 Å². The van der Waals surface area contributed by atoms with Crippen molar-refractivity contribution in [3.8, 4) is 5.75 Å². The van der Waals surface area contributed by atoms with Gasteiger partial charge in [-0.25, -0.2) is 0 Å². The Morgan fingerprint density at radius 2 is 1.93 bits per heavy atom. The Morgan fingerprint density at radius 3 is 2.70 bits per heavy atom. The molecule has 154 valence electrons. The van der Waals surface area contributed by atoms with E-state index in [0.717, 1.165) is 27.3 Å². The third-order valence-corrected chi connectivity index (χ3v) is 5.99. The number of fused-ring (bicyclic) bond motifs is 3. The fraction of sp³-hybridized carbons (Fsp3) is 0.261. The zero-order chi connectivity index (χ0) is 21.1. The molecule has 0 bridgehead atoms. The molecule has 1 N–H and O–H groups in total. The molecule has 0 spiro atoms. The van der Waals surface area contributed by atoms with Gasteiger partial charge < -0.3 is 9.84 Å². The summed E-state index contributed by atoms with van der Waals surface area (Å²) in [6.45, 7) is 4.06.